The summed E-state index contributed by atoms with van der Waals surface area (Å²) in [5.41, 5.74) is 1.78. The predicted molar refractivity (Wildman–Crippen MR) is 103 cm³/mol. The zero-order valence-corrected chi connectivity index (χ0v) is 15.5. The third-order valence-corrected chi connectivity index (χ3v) is 5.09. The number of hydrogen-bond acceptors (Lipinski definition) is 5. The maximum atomic E-state index is 11.8. The smallest absolute Gasteiger partial charge is 0.251 e. The third-order valence-electron chi connectivity index (χ3n) is 3.92. The van der Waals surface area contributed by atoms with E-state index in [9.17, 15) is 4.79 Å². The molecule has 0 radical (unpaired) electrons. The van der Waals surface area contributed by atoms with E-state index in [-0.39, 0.29) is 5.91 Å². The van der Waals surface area contributed by atoms with Gasteiger partial charge in [0.2, 0.25) is 0 Å². The SMILES string of the molecule is CCNC(=O)c1ccc(CNc2nc(C)nc3sc(CC)cc23)cc1. The summed E-state index contributed by atoms with van der Waals surface area (Å²) in [6.45, 7) is 7.25. The molecule has 1 amide bonds. The number of thiophene rings is 1. The summed E-state index contributed by atoms with van der Waals surface area (Å²) in [5.74, 6) is 1.60. The first-order valence-corrected chi connectivity index (χ1v) is 9.30. The molecule has 0 aliphatic heterocycles. The van der Waals surface area contributed by atoms with Gasteiger partial charge in [0.05, 0.1) is 5.39 Å². The van der Waals surface area contributed by atoms with E-state index >= 15 is 0 Å². The zero-order chi connectivity index (χ0) is 17.8. The average Bonchev–Trinajstić information content (AvgIpc) is 3.03. The van der Waals surface area contributed by atoms with Crippen molar-refractivity contribution in [3.63, 3.8) is 0 Å². The van der Waals surface area contributed by atoms with Crippen LogP contribution in [0.1, 0.15) is 40.5 Å². The van der Waals surface area contributed by atoms with E-state index in [2.05, 4.69) is 33.6 Å². The highest BCUT2D eigenvalue weighted by molar-refractivity contribution is 7.18. The highest BCUT2D eigenvalue weighted by Crippen LogP contribution is 2.29. The van der Waals surface area contributed by atoms with Gasteiger partial charge < -0.3 is 10.6 Å². The van der Waals surface area contributed by atoms with Gasteiger partial charge in [0.25, 0.3) is 5.91 Å². The van der Waals surface area contributed by atoms with E-state index < -0.39 is 0 Å². The second-order valence-electron chi connectivity index (χ2n) is 5.81. The molecule has 1 aromatic carbocycles. The van der Waals surface area contributed by atoms with Gasteiger partial charge in [-0.05, 0) is 44.0 Å². The molecule has 130 valence electrons. The molecule has 0 aliphatic rings. The van der Waals surface area contributed by atoms with Gasteiger partial charge in [-0.1, -0.05) is 19.1 Å². The summed E-state index contributed by atoms with van der Waals surface area (Å²) < 4.78 is 0. The van der Waals surface area contributed by atoms with Crippen LogP contribution in [0.15, 0.2) is 30.3 Å². The summed E-state index contributed by atoms with van der Waals surface area (Å²) in [6.07, 6.45) is 1.00. The lowest BCUT2D eigenvalue weighted by Gasteiger charge is -2.08. The van der Waals surface area contributed by atoms with Crippen LogP contribution < -0.4 is 10.6 Å². The van der Waals surface area contributed by atoms with Crippen molar-refractivity contribution in [2.75, 3.05) is 11.9 Å². The molecule has 0 spiro atoms. The molecule has 6 heteroatoms. The number of nitrogens with one attached hydrogen (secondary N) is 2. The summed E-state index contributed by atoms with van der Waals surface area (Å²) >= 11 is 1.72. The first kappa shape index (κ1) is 17.4. The number of carbonyl (C=O) groups excluding carboxylic acids is 1. The van der Waals surface area contributed by atoms with Crippen LogP contribution in [0.2, 0.25) is 0 Å². The van der Waals surface area contributed by atoms with E-state index in [0.717, 1.165) is 33.8 Å². The van der Waals surface area contributed by atoms with Crippen molar-refractivity contribution in [1.29, 1.82) is 0 Å². The van der Waals surface area contributed by atoms with Crippen molar-refractivity contribution < 1.29 is 4.79 Å². The molecule has 2 heterocycles. The van der Waals surface area contributed by atoms with Crippen molar-refractivity contribution in [3.05, 3.63) is 52.2 Å². The number of anilines is 1. The van der Waals surface area contributed by atoms with E-state index in [0.29, 0.717) is 18.7 Å². The van der Waals surface area contributed by atoms with E-state index in [1.54, 1.807) is 11.3 Å². The standard InChI is InChI=1S/C19H22N4OS/c1-4-15-10-16-17(22-12(3)23-19(16)25-15)21-11-13-6-8-14(9-7-13)18(24)20-5-2/h6-10H,4-5,11H2,1-3H3,(H,20,24)(H,21,22,23). The zero-order valence-electron chi connectivity index (χ0n) is 14.7. The van der Waals surface area contributed by atoms with Crippen LogP contribution in [-0.2, 0) is 13.0 Å². The highest BCUT2D eigenvalue weighted by atomic mass is 32.1. The van der Waals surface area contributed by atoms with Crippen LogP contribution >= 0.6 is 11.3 Å². The molecule has 25 heavy (non-hydrogen) atoms. The Hall–Kier alpha value is -2.47. The summed E-state index contributed by atoms with van der Waals surface area (Å²) in [4.78, 5) is 23.2. The Morgan fingerprint density at radius 2 is 1.92 bits per heavy atom. The van der Waals surface area contributed by atoms with Crippen molar-refractivity contribution in [3.8, 4) is 0 Å². The Bertz CT molecular complexity index is 886. The minimum atomic E-state index is -0.0412. The van der Waals surface area contributed by atoms with Crippen LogP contribution in [0.3, 0.4) is 0 Å². The number of aromatic nitrogens is 2. The van der Waals surface area contributed by atoms with Crippen molar-refractivity contribution in [2.45, 2.75) is 33.7 Å². The highest BCUT2D eigenvalue weighted by Gasteiger charge is 2.10. The quantitative estimate of drug-likeness (QED) is 0.704. The van der Waals surface area contributed by atoms with Crippen LogP contribution in [-0.4, -0.2) is 22.4 Å². The molecule has 0 aliphatic carbocycles. The first-order chi connectivity index (χ1) is 12.1. The normalized spacial score (nSPS) is 10.8. The van der Waals surface area contributed by atoms with Gasteiger partial charge in [-0.2, -0.15) is 0 Å². The number of hydrogen-bond donors (Lipinski definition) is 2. The summed E-state index contributed by atoms with van der Waals surface area (Å²) in [6, 6.07) is 9.80. The maximum Gasteiger partial charge on any atom is 0.251 e. The molecule has 0 saturated heterocycles. The van der Waals surface area contributed by atoms with E-state index in [1.165, 1.54) is 4.88 Å². The Morgan fingerprint density at radius 3 is 2.60 bits per heavy atom. The summed E-state index contributed by atoms with van der Waals surface area (Å²) in [7, 11) is 0. The van der Waals surface area contributed by atoms with Crippen LogP contribution in [0.25, 0.3) is 10.2 Å². The molecule has 0 saturated carbocycles. The Balaban J connectivity index is 1.76. The van der Waals surface area contributed by atoms with Crippen LogP contribution in [0.5, 0.6) is 0 Å². The van der Waals surface area contributed by atoms with Gasteiger partial charge in [-0.25, -0.2) is 9.97 Å². The molecule has 5 nitrogen and oxygen atoms in total. The monoisotopic (exact) mass is 354 g/mol. The number of carbonyl (C=O) groups is 1. The largest absolute Gasteiger partial charge is 0.365 e. The van der Waals surface area contributed by atoms with Gasteiger partial charge in [-0.3, -0.25) is 4.79 Å². The molecule has 2 aromatic heterocycles. The fraction of sp³-hybridized carbons (Fsp3) is 0.316. The van der Waals surface area contributed by atoms with Crippen molar-refractivity contribution in [1.82, 2.24) is 15.3 Å². The second kappa shape index (κ2) is 7.61. The molecule has 2 N–H and O–H groups in total. The molecule has 3 rings (SSSR count). The molecule has 0 unspecified atom stereocenters. The minimum absolute atomic E-state index is 0.0412. The first-order valence-electron chi connectivity index (χ1n) is 8.48. The molecular formula is C19H22N4OS. The Morgan fingerprint density at radius 1 is 1.16 bits per heavy atom. The topological polar surface area (TPSA) is 66.9 Å². The van der Waals surface area contributed by atoms with Gasteiger partial charge in [0.1, 0.15) is 16.5 Å². The number of amides is 1. The fourth-order valence-corrected chi connectivity index (χ4v) is 3.62. The molecule has 0 fully saturated rings. The van der Waals surface area contributed by atoms with Gasteiger partial charge in [-0.15, -0.1) is 11.3 Å². The van der Waals surface area contributed by atoms with Crippen molar-refractivity contribution >= 4 is 33.3 Å². The predicted octanol–water partition coefficient (Wildman–Crippen LogP) is 3.92. The Labute approximate surface area is 151 Å². The molecule has 0 atom stereocenters. The second-order valence-corrected chi connectivity index (χ2v) is 6.93. The fourth-order valence-electron chi connectivity index (χ4n) is 2.61. The molecular weight excluding hydrogens is 332 g/mol. The minimum Gasteiger partial charge on any atom is -0.365 e. The van der Waals surface area contributed by atoms with Crippen molar-refractivity contribution in [2.24, 2.45) is 0 Å². The van der Waals surface area contributed by atoms with Crippen LogP contribution in [0, 0.1) is 6.92 Å². The number of rotatable bonds is 6. The lowest BCUT2D eigenvalue weighted by Crippen LogP contribution is -2.22. The number of aryl methyl sites for hydroxylation is 2. The molecule has 3 aromatic rings. The number of nitrogens with zero attached hydrogens (tertiary/aromatic N) is 2. The third kappa shape index (κ3) is 3.96. The summed E-state index contributed by atoms with van der Waals surface area (Å²) in [5, 5.41) is 7.29. The van der Waals surface area contributed by atoms with Gasteiger partial charge >= 0.3 is 0 Å². The molecule has 0 bridgehead atoms. The van der Waals surface area contributed by atoms with Gasteiger partial charge in [0.15, 0.2) is 0 Å². The Kier molecular flexibility index (Phi) is 5.28. The lowest BCUT2D eigenvalue weighted by atomic mass is 10.1. The van der Waals surface area contributed by atoms with Crippen LogP contribution in [0.4, 0.5) is 5.82 Å². The lowest BCUT2D eigenvalue weighted by molar-refractivity contribution is 0.0956. The van der Waals surface area contributed by atoms with E-state index in [1.807, 2.05) is 38.1 Å². The number of fused-ring (bicyclic) bond motifs is 1. The maximum absolute atomic E-state index is 11.8. The van der Waals surface area contributed by atoms with E-state index in [4.69, 9.17) is 0 Å². The number of benzene rings is 1. The average molecular weight is 354 g/mol. The van der Waals surface area contributed by atoms with Gasteiger partial charge in [0, 0.05) is 23.5 Å².